The fourth-order valence-electron chi connectivity index (χ4n) is 3.93. The fraction of sp³-hybridized carbons (Fsp3) is 0.391. The number of hydrogen-bond donors (Lipinski definition) is 2. The molecule has 0 unspecified atom stereocenters. The summed E-state index contributed by atoms with van der Waals surface area (Å²) in [6.07, 6.45) is -0.0807. The van der Waals surface area contributed by atoms with E-state index in [1.807, 2.05) is 18.2 Å². The zero-order chi connectivity index (χ0) is 21.6. The van der Waals surface area contributed by atoms with Crippen LogP contribution in [0.1, 0.15) is 6.42 Å². The van der Waals surface area contributed by atoms with Crippen LogP contribution in [0.4, 0.5) is 11.4 Å². The van der Waals surface area contributed by atoms with E-state index in [9.17, 15) is 14.7 Å². The van der Waals surface area contributed by atoms with Crippen LogP contribution in [0, 0.1) is 5.92 Å². The molecule has 0 bridgehead atoms. The minimum atomic E-state index is -0.956. The monoisotopic (exact) mass is 425 g/mol. The number of nitrogens with zero attached hydrogens (tertiary/aromatic N) is 2. The van der Waals surface area contributed by atoms with Crippen LogP contribution in [-0.2, 0) is 9.59 Å². The summed E-state index contributed by atoms with van der Waals surface area (Å²) in [4.78, 5) is 28.7. The van der Waals surface area contributed by atoms with Gasteiger partial charge >= 0.3 is 5.97 Å². The Morgan fingerprint density at radius 3 is 2.39 bits per heavy atom. The molecule has 1 atom stereocenters. The minimum Gasteiger partial charge on any atom is -0.486 e. The van der Waals surface area contributed by atoms with E-state index in [2.05, 4.69) is 27.2 Å². The van der Waals surface area contributed by atoms with E-state index >= 15 is 0 Å². The van der Waals surface area contributed by atoms with Crippen molar-refractivity contribution in [1.82, 2.24) is 4.90 Å². The number of piperazine rings is 1. The van der Waals surface area contributed by atoms with Gasteiger partial charge in [0.05, 0.1) is 5.92 Å². The number of nitrogens with one attached hydrogen (secondary N) is 1. The molecule has 164 valence electrons. The van der Waals surface area contributed by atoms with Gasteiger partial charge in [-0.05, 0) is 24.3 Å². The number of benzene rings is 2. The molecule has 8 heteroatoms. The third kappa shape index (κ3) is 5.46. The highest BCUT2D eigenvalue weighted by molar-refractivity contribution is 5.93. The Morgan fingerprint density at radius 2 is 1.68 bits per heavy atom. The average molecular weight is 425 g/mol. The SMILES string of the molecule is O=C(C[C@@H](CN1CCN(c2ccccc2)CC1)C(=O)O)Nc1ccc2c(c1)OCCO2. The first kappa shape index (κ1) is 21.0. The van der Waals surface area contributed by atoms with E-state index in [0.29, 0.717) is 36.9 Å². The fourth-order valence-corrected chi connectivity index (χ4v) is 3.93. The van der Waals surface area contributed by atoms with Gasteiger partial charge in [-0.15, -0.1) is 0 Å². The molecular weight excluding hydrogens is 398 g/mol. The number of hydrogen-bond acceptors (Lipinski definition) is 6. The maximum absolute atomic E-state index is 12.5. The summed E-state index contributed by atoms with van der Waals surface area (Å²) < 4.78 is 11.0. The highest BCUT2D eigenvalue weighted by Crippen LogP contribution is 2.32. The third-order valence-electron chi connectivity index (χ3n) is 5.58. The van der Waals surface area contributed by atoms with Crippen molar-refractivity contribution in [3.05, 3.63) is 48.5 Å². The molecular formula is C23H27N3O5. The van der Waals surface area contributed by atoms with Gasteiger partial charge in [0, 0.05) is 56.6 Å². The number of para-hydroxylation sites is 1. The molecule has 2 aromatic rings. The number of aliphatic carboxylic acids is 1. The van der Waals surface area contributed by atoms with Crippen molar-refractivity contribution in [3.63, 3.8) is 0 Å². The smallest absolute Gasteiger partial charge is 0.308 e. The predicted molar refractivity (Wildman–Crippen MR) is 117 cm³/mol. The zero-order valence-electron chi connectivity index (χ0n) is 17.3. The van der Waals surface area contributed by atoms with Crippen molar-refractivity contribution in [2.75, 3.05) is 56.2 Å². The van der Waals surface area contributed by atoms with E-state index in [0.717, 1.165) is 26.2 Å². The average Bonchev–Trinajstić information content (AvgIpc) is 2.79. The Kier molecular flexibility index (Phi) is 6.57. The summed E-state index contributed by atoms with van der Waals surface area (Å²) in [5, 5.41) is 12.4. The Morgan fingerprint density at radius 1 is 0.968 bits per heavy atom. The lowest BCUT2D eigenvalue weighted by Gasteiger charge is -2.37. The summed E-state index contributed by atoms with van der Waals surface area (Å²) in [6, 6.07) is 15.4. The van der Waals surface area contributed by atoms with Crippen LogP contribution in [0.25, 0.3) is 0 Å². The number of carboxylic acid groups (broad SMARTS) is 1. The van der Waals surface area contributed by atoms with Crippen LogP contribution in [-0.4, -0.2) is 67.8 Å². The number of carboxylic acids is 1. The molecule has 2 aliphatic rings. The highest BCUT2D eigenvalue weighted by Gasteiger charge is 2.26. The van der Waals surface area contributed by atoms with Gasteiger partial charge in [0.15, 0.2) is 11.5 Å². The van der Waals surface area contributed by atoms with Crippen LogP contribution in [0.5, 0.6) is 11.5 Å². The Bertz CT molecular complexity index is 913. The topological polar surface area (TPSA) is 91.3 Å². The molecule has 31 heavy (non-hydrogen) atoms. The quantitative estimate of drug-likeness (QED) is 0.703. The number of rotatable bonds is 7. The number of ether oxygens (including phenoxy) is 2. The zero-order valence-corrected chi connectivity index (χ0v) is 17.3. The first-order valence-electron chi connectivity index (χ1n) is 10.5. The van der Waals surface area contributed by atoms with E-state index in [4.69, 9.17) is 9.47 Å². The first-order valence-corrected chi connectivity index (χ1v) is 10.5. The largest absolute Gasteiger partial charge is 0.486 e. The lowest BCUT2D eigenvalue weighted by atomic mass is 10.0. The van der Waals surface area contributed by atoms with Crippen molar-refractivity contribution in [2.45, 2.75) is 6.42 Å². The minimum absolute atomic E-state index is 0.0807. The van der Waals surface area contributed by atoms with Crippen molar-refractivity contribution in [3.8, 4) is 11.5 Å². The molecule has 0 saturated carbocycles. The van der Waals surface area contributed by atoms with Crippen molar-refractivity contribution in [2.24, 2.45) is 5.92 Å². The van der Waals surface area contributed by atoms with E-state index in [-0.39, 0.29) is 12.3 Å². The number of carbonyl (C=O) groups is 2. The second kappa shape index (κ2) is 9.70. The van der Waals surface area contributed by atoms with E-state index in [1.165, 1.54) is 5.69 Å². The molecule has 2 aliphatic heterocycles. The Balaban J connectivity index is 1.29. The molecule has 2 heterocycles. The molecule has 2 N–H and O–H groups in total. The van der Waals surface area contributed by atoms with Crippen molar-refractivity contribution in [1.29, 1.82) is 0 Å². The highest BCUT2D eigenvalue weighted by atomic mass is 16.6. The van der Waals surface area contributed by atoms with Crippen molar-refractivity contribution >= 4 is 23.3 Å². The Labute approximate surface area is 181 Å². The van der Waals surface area contributed by atoms with Gasteiger partial charge in [-0.25, -0.2) is 0 Å². The molecule has 2 aromatic carbocycles. The number of fused-ring (bicyclic) bond motifs is 1. The van der Waals surface area contributed by atoms with E-state index < -0.39 is 11.9 Å². The predicted octanol–water partition coefficient (Wildman–Crippen LogP) is 2.31. The molecule has 0 aromatic heterocycles. The van der Waals surface area contributed by atoms with Crippen LogP contribution in [0.15, 0.2) is 48.5 Å². The summed E-state index contributed by atoms with van der Waals surface area (Å²) in [5.74, 6) is -0.826. The van der Waals surface area contributed by atoms with Gasteiger partial charge in [0.25, 0.3) is 0 Å². The van der Waals surface area contributed by atoms with Crippen LogP contribution >= 0.6 is 0 Å². The molecule has 4 rings (SSSR count). The molecule has 1 amide bonds. The third-order valence-corrected chi connectivity index (χ3v) is 5.58. The second-order valence-electron chi connectivity index (χ2n) is 7.77. The summed E-state index contributed by atoms with van der Waals surface area (Å²) >= 11 is 0. The molecule has 0 spiro atoms. The van der Waals surface area contributed by atoms with Gasteiger partial charge < -0.3 is 24.8 Å². The van der Waals surface area contributed by atoms with Crippen LogP contribution in [0.2, 0.25) is 0 Å². The lowest BCUT2D eigenvalue weighted by Crippen LogP contribution is -2.48. The van der Waals surface area contributed by atoms with Gasteiger partial charge in [0.1, 0.15) is 13.2 Å². The Hall–Kier alpha value is -3.26. The van der Waals surface area contributed by atoms with Gasteiger partial charge in [-0.3, -0.25) is 14.5 Å². The van der Waals surface area contributed by atoms with Gasteiger partial charge in [0.2, 0.25) is 5.91 Å². The number of amides is 1. The van der Waals surface area contributed by atoms with Gasteiger partial charge in [-0.1, -0.05) is 18.2 Å². The number of anilines is 2. The summed E-state index contributed by atoms with van der Waals surface area (Å²) in [6.45, 7) is 4.51. The van der Waals surface area contributed by atoms with Crippen LogP contribution < -0.4 is 19.7 Å². The maximum atomic E-state index is 12.5. The standard InChI is InChI=1S/C23H27N3O5/c27-22(24-18-6-7-20-21(15-18)31-13-12-30-20)14-17(23(28)29)16-25-8-10-26(11-9-25)19-4-2-1-3-5-19/h1-7,15,17H,8-14,16H2,(H,24,27)(H,28,29)/t17-/m0/s1. The van der Waals surface area contributed by atoms with Crippen molar-refractivity contribution < 1.29 is 24.2 Å². The first-order chi connectivity index (χ1) is 15.1. The molecule has 1 saturated heterocycles. The second-order valence-corrected chi connectivity index (χ2v) is 7.77. The number of carbonyl (C=O) groups excluding carboxylic acids is 1. The van der Waals surface area contributed by atoms with Crippen LogP contribution in [0.3, 0.4) is 0 Å². The van der Waals surface area contributed by atoms with E-state index in [1.54, 1.807) is 18.2 Å². The summed E-state index contributed by atoms with van der Waals surface area (Å²) in [7, 11) is 0. The molecule has 0 radical (unpaired) electrons. The summed E-state index contributed by atoms with van der Waals surface area (Å²) in [5.41, 5.74) is 1.74. The molecule has 1 fully saturated rings. The normalized spacial score (nSPS) is 17.1. The lowest BCUT2D eigenvalue weighted by molar-refractivity contribution is -0.144. The van der Waals surface area contributed by atoms with Gasteiger partial charge in [-0.2, -0.15) is 0 Å². The molecule has 0 aliphatic carbocycles. The maximum Gasteiger partial charge on any atom is 0.308 e. The molecule has 8 nitrogen and oxygen atoms in total.